The van der Waals surface area contributed by atoms with Gasteiger partial charge in [-0.3, -0.25) is 4.79 Å². The number of rotatable bonds is 3. The number of hydrogen-bond acceptors (Lipinski definition) is 2. The minimum absolute atomic E-state index is 0.0228. The molecule has 1 heterocycles. The number of benzene rings is 2. The Balaban J connectivity index is 2.27. The molecule has 3 rings (SSSR count). The monoisotopic (exact) mass is 300 g/mol. The molecule has 4 nitrogen and oxygen atoms in total. The first-order chi connectivity index (χ1) is 10.1. The lowest BCUT2D eigenvalue weighted by atomic mass is 10.2. The van der Waals surface area contributed by atoms with Gasteiger partial charge in [0.2, 0.25) is 0 Å². The first-order valence-corrected chi connectivity index (χ1v) is 6.79. The molecule has 0 unspecified atom stereocenters. The van der Waals surface area contributed by atoms with Crippen LogP contribution in [0.15, 0.2) is 48.5 Å². The second kappa shape index (κ2) is 5.24. The minimum atomic E-state index is -0.506. The molecule has 1 amide bonds. The number of amides is 1. The highest BCUT2D eigenvalue weighted by Gasteiger charge is 2.14. The summed E-state index contributed by atoms with van der Waals surface area (Å²) in [5.74, 6) is -0.506. The van der Waals surface area contributed by atoms with Crippen molar-refractivity contribution in [2.45, 2.75) is 6.61 Å². The molecule has 0 aliphatic rings. The van der Waals surface area contributed by atoms with Gasteiger partial charge in [0.15, 0.2) is 0 Å². The zero-order valence-corrected chi connectivity index (χ0v) is 11.8. The Morgan fingerprint density at radius 3 is 2.48 bits per heavy atom. The fourth-order valence-corrected chi connectivity index (χ4v) is 2.58. The van der Waals surface area contributed by atoms with E-state index in [0.717, 1.165) is 22.2 Å². The second-order valence-corrected chi connectivity index (χ2v) is 5.19. The fraction of sp³-hybridized carbons (Fsp3) is 0.0625. The maximum absolute atomic E-state index is 11.7. The van der Waals surface area contributed by atoms with Crippen LogP contribution in [0.1, 0.15) is 16.1 Å². The number of halogens is 1. The first kappa shape index (κ1) is 13.7. The molecule has 0 fully saturated rings. The Hall–Kier alpha value is -2.30. The number of carbonyl (C=O) groups excluding carboxylic acids is 1. The molecule has 21 heavy (non-hydrogen) atoms. The van der Waals surface area contributed by atoms with Crippen LogP contribution < -0.4 is 5.73 Å². The van der Waals surface area contributed by atoms with Crippen LogP contribution in [0, 0.1) is 0 Å². The van der Waals surface area contributed by atoms with Gasteiger partial charge in [-0.2, -0.15) is 0 Å². The van der Waals surface area contributed by atoms with Crippen molar-refractivity contribution in [2.24, 2.45) is 5.73 Å². The van der Waals surface area contributed by atoms with E-state index in [1.165, 1.54) is 0 Å². The third-order valence-corrected chi connectivity index (χ3v) is 3.63. The molecule has 0 bridgehead atoms. The number of hydrogen-bond donors (Lipinski definition) is 2. The predicted octanol–water partition coefficient (Wildman–Crippen LogP) is 2.88. The third kappa shape index (κ3) is 2.39. The normalized spacial score (nSPS) is 11.0. The zero-order chi connectivity index (χ0) is 15.0. The summed E-state index contributed by atoms with van der Waals surface area (Å²) in [6, 6.07) is 14.4. The Labute approximate surface area is 126 Å². The van der Waals surface area contributed by atoms with Gasteiger partial charge in [-0.15, -0.1) is 0 Å². The van der Waals surface area contributed by atoms with Crippen LogP contribution in [0.3, 0.4) is 0 Å². The minimum Gasteiger partial charge on any atom is -0.392 e. The molecule has 0 aliphatic heterocycles. The van der Waals surface area contributed by atoms with Gasteiger partial charge in [0.25, 0.3) is 5.91 Å². The zero-order valence-electron chi connectivity index (χ0n) is 11.1. The molecule has 3 aromatic rings. The Morgan fingerprint density at radius 2 is 1.86 bits per heavy atom. The molecule has 0 saturated carbocycles. The SMILES string of the molecule is NC(=O)c1cc2cc(Cl)ccc2n1-c1ccc(CO)cc1. The van der Waals surface area contributed by atoms with Gasteiger partial charge >= 0.3 is 0 Å². The molecule has 0 atom stereocenters. The maximum atomic E-state index is 11.7. The van der Waals surface area contributed by atoms with Crippen molar-refractivity contribution < 1.29 is 9.90 Å². The van der Waals surface area contributed by atoms with E-state index in [0.29, 0.717) is 10.7 Å². The van der Waals surface area contributed by atoms with E-state index in [1.807, 2.05) is 30.3 Å². The molecule has 106 valence electrons. The lowest BCUT2D eigenvalue weighted by Gasteiger charge is -2.09. The van der Waals surface area contributed by atoms with Gasteiger partial charge in [-0.25, -0.2) is 0 Å². The Kier molecular flexibility index (Phi) is 3.41. The number of aliphatic hydroxyl groups is 1. The highest BCUT2D eigenvalue weighted by molar-refractivity contribution is 6.31. The number of nitrogens with two attached hydrogens (primary N) is 1. The Bertz CT molecular complexity index is 822. The van der Waals surface area contributed by atoms with E-state index in [4.69, 9.17) is 22.4 Å². The van der Waals surface area contributed by atoms with Gasteiger partial charge in [-0.1, -0.05) is 23.7 Å². The standard InChI is InChI=1S/C16H13ClN2O2/c17-12-3-6-14-11(7-12)8-15(16(18)21)19(14)13-4-1-10(9-20)2-5-13/h1-8,20H,9H2,(H2,18,21). The van der Waals surface area contributed by atoms with Gasteiger partial charge in [0, 0.05) is 16.1 Å². The quantitative estimate of drug-likeness (QED) is 0.781. The molecule has 0 aliphatic carbocycles. The van der Waals surface area contributed by atoms with Crippen LogP contribution in [0.25, 0.3) is 16.6 Å². The van der Waals surface area contributed by atoms with Gasteiger partial charge in [-0.05, 0) is 42.0 Å². The largest absolute Gasteiger partial charge is 0.392 e. The van der Waals surface area contributed by atoms with Crippen molar-refractivity contribution in [1.29, 1.82) is 0 Å². The average Bonchev–Trinajstić information content (AvgIpc) is 2.86. The van der Waals surface area contributed by atoms with Crippen molar-refractivity contribution in [1.82, 2.24) is 4.57 Å². The van der Waals surface area contributed by atoms with Crippen molar-refractivity contribution in [3.63, 3.8) is 0 Å². The molecular formula is C16H13ClN2O2. The lowest BCUT2D eigenvalue weighted by molar-refractivity contribution is 0.0994. The summed E-state index contributed by atoms with van der Waals surface area (Å²) < 4.78 is 1.79. The number of fused-ring (bicyclic) bond motifs is 1. The van der Waals surface area contributed by atoms with E-state index >= 15 is 0 Å². The number of primary amides is 1. The predicted molar refractivity (Wildman–Crippen MR) is 82.7 cm³/mol. The summed E-state index contributed by atoms with van der Waals surface area (Å²) >= 11 is 5.99. The maximum Gasteiger partial charge on any atom is 0.265 e. The molecule has 2 aromatic carbocycles. The molecule has 0 spiro atoms. The number of carbonyl (C=O) groups is 1. The van der Waals surface area contributed by atoms with Gasteiger partial charge < -0.3 is 15.4 Å². The van der Waals surface area contributed by atoms with Gasteiger partial charge in [0.05, 0.1) is 12.1 Å². The van der Waals surface area contributed by atoms with E-state index in [-0.39, 0.29) is 6.61 Å². The van der Waals surface area contributed by atoms with E-state index in [9.17, 15) is 4.79 Å². The summed E-state index contributed by atoms with van der Waals surface area (Å²) in [4.78, 5) is 11.7. The van der Waals surface area contributed by atoms with Crippen LogP contribution in [0.4, 0.5) is 0 Å². The van der Waals surface area contributed by atoms with Crippen LogP contribution >= 0.6 is 11.6 Å². The van der Waals surface area contributed by atoms with E-state index in [1.54, 1.807) is 22.8 Å². The number of nitrogens with zero attached hydrogens (tertiary/aromatic N) is 1. The summed E-state index contributed by atoms with van der Waals surface area (Å²) in [5, 5.41) is 10.6. The van der Waals surface area contributed by atoms with Crippen molar-refractivity contribution in [3.05, 3.63) is 64.8 Å². The van der Waals surface area contributed by atoms with Crippen LogP contribution in [0.5, 0.6) is 0 Å². The van der Waals surface area contributed by atoms with E-state index in [2.05, 4.69) is 0 Å². The topological polar surface area (TPSA) is 68.2 Å². The highest BCUT2D eigenvalue weighted by atomic mass is 35.5. The lowest BCUT2D eigenvalue weighted by Crippen LogP contribution is -2.15. The molecule has 1 aromatic heterocycles. The summed E-state index contributed by atoms with van der Waals surface area (Å²) in [6.45, 7) is -0.0228. The molecule has 0 saturated heterocycles. The van der Waals surface area contributed by atoms with Gasteiger partial charge in [0.1, 0.15) is 5.69 Å². The Morgan fingerprint density at radius 1 is 1.14 bits per heavy atom. The average molecular weight is 301 g/mol. The van der Waals surface area contributed by atoms with E-state index < -0.39 is 5.91 Å². The number of aliphatic hydroxyl groups excluding tert-OH is 1. The van der Waals surface area contributed by atoms with Crippen molar-refractivity contribution in [3.8, 4) is 5.69 Å². The summed E-state index contributed by atoms with van der Waals surface area (Å²) in [5.41, 5.74) is 8.33. The third-order valence-electron chi connectivity index (χ3n) is 3.39. The van der Waals surface area contributed by atoms with Crippen molar-refractivity contribution in [2.75, 3.05) is 0 Å². The molecular weight excluding hydrogens is 288 g/mol. The van der Waals surface area contributed by atoms with Crippen molar-refractivity contribution >= 4 is 28.4 Å². The molecule has 5 heteroatoms. The van der Waals surface area contributed by atoms with Crippen LogP contribution in [0.2, 0.25) is 5.02 Å². The molecule has 0 radical (unpaired) electrons. The fourth-order valence-electron chi connectivity index (χ4n) is 2.40. The summed E-state index contributed by atoms with van der Waals surface area (Å²) in [7, 11) is 0. The highest BCUT2D eigenvalue weighted by Crippen LogP contribution is 2.27. The van der Waals surface area contributed by atoms with Crippen LogP contribution in [-0.2, 0) is 6.61 Å². The number of aromatic nitrogens is 1. The first-order valence-electron chi connectivity index (χ1n) is 6.41. The second-order valence-electron chi connectivity index (χ2n) is 4.76. The molecule has 3 N–H and O–H groups in total. The smallest absolute Gasteiger partial charge is 0.265 e. The van der Waals surface area contributed by atoms with Crippen LogP contribution in [-0.4, -0.2) is 15.6 Å². The summed E-state index contributed by atoms with van der Waals surface area (Å²) in [6.07, 6.45) is 0.